The maximum Gasteiger partial charge on any atom is 0.341 e. The van der Waals surface area contributed by atoms with E-state index in [4.69, 9.17) is 5.11 Å². The summed E-state index contributed by atoms with van der Waals surface area (Å²) in [5.41, 5.74) is -1.62. The van der Waals surface area contributed by atoms with Crippen LogP contribution in [0.1, 0.15) is 46.5 Å². The lowest BCUT2D eigenvalue weighted by Crippen LogP contribution is -2.66. The summed E-state index contributed by atoms with van der Waals surface area (Å²) in [5.74, 6) is -2.69. The Hall–Kier alpha value is -2.23. The molecule has 1 aliphatic heterocycles. The Kier molecular flexibility index (Phi) is 3.26. The number of carbonyl (C=O) groups excluding carboxylic acids is 1. The molecule has 2 heterocycles. The lowest BCUT2D eigenvalue weighted by Gasteiger charge is -2.46. The zero-order chi connectivity index (χ0) is 19.1. The quantitative estimate of drug-likeness (QED) is 0.814. The fourth-order valence-corrected chi connectivity index (χ4v) is 6.56. The van der Waals surface area contributed by atoms with Crippen LogP contribution in [0.15, 0.2) is 16.9 Å². The van der Waals surface area contributed by atoms with Crippen LogP contribution < -0.4 is 5.56 Å². The molecular weight excluding hydrogens is 367 g/mol. The number of rotatable bonds is 4. The van der Waals surface area contributed by atoms with Crippen molar-refractivity contribution in [3.05, 3.63) is 33.7 Å². The first kappa shape index (κ1) is 17.2. The summed E-state index contributed by atoms with van der Waals surface area (Å²) < 4.78 is 42.0. The number of carbonyl (C=O) groups is 2. The van der Waals surface area contributed by atoms with Gasteiger partial charge in [-0.2, -0.15) is 0 Å². The molecule has 1 unspecified atom stereocenters. The fraction of sp³-hybridized carbons (Fsp3) is 0.562. The topological polar surface area (TPSA) is 114 Å². The zero-order valence-electron chi connectivity index (χ0n) is 13.9. The number of aromatic nitrogens is 1. The molecule has 0 saturated heterocycles. The van der Waals surface area contributed by atoms with E-state index in [1.165, 1.54) is 13.1 Å². The van der Waals surface area contributed by atoms with E-state index in [0.29, 0.717) is 12.8 Å². The Morgan fingerprint density at radius 1 is 1.27 bits per heavy atom. The van der Waals surface area contributed by atoms with Crippen molar-refractivity contribution in [2.75, 3.05) is 7.05 Å². The molecule has 10 heteroatoms. The lowest BCUT2D eigenvalue weighted by atomic mass is 10.0. The molecule has 26 heavy (non-hydrogen) atoms. The molecule has 8 nitrogen and oxygen atoms in total. The molecule has 0 radical (unpaired) electrons. The van der Waals surface area contributed by atoms with Gasteiger partial charge in [0.15, 0.2) is 4.87 Å². The summed E-state index contributed by atoms with van der Waals surface area (Å²) in [5, 5.41) is 6.76. The molecule has 0 aromatic carbocycles. The van der Waals surface area contributed by atoms with E-state index in [2.05, 4.69) is 0 Å². The molecule has 3 aliphatic rings. The number of halogens is 1. The highest BCUT2D eigenvalue weighted by molar-refractivity contribution is 7.94. The van der Waals surface area contributed by atoms with Crippen molar-refractivity contribution in [1.82, 2.24) is 9.47 Å². The molecule has 1 N–H and O–H groups in total. The van der Waals surface area contributed by atoms with Gasteiger partial charge in [-0.1, -0.05) is 0 Å². The van der Waals surface area contributed by atoms with Crippen molar-refractivity contribution in [3.8, 4) is 0 Å². The maximum atomic E-state index is 14.8. The average molecular weight is 384 g/mol. The minimum absolute atomic E-state index is 0.0994. The minimum Gasteiger partial charge on any atom is -0.477 e. The average Bonchev–Trinajstić information content (AvgIpc) is 3.47. The van der Waals surface area contributed by atoms with Crippen LogP contribution in [0.2, 0.25) is 0 Å². The number of hydrogen-bond donors (Lipinski definition) is 1. The number of carboxylic acid groups (broad SMARTS) is 1. The van der Waals surface area contributed by atoms with E-state index in [1.54, 1.807) is 0 Å². The number of hydrogen-bond acceptors (Lipinski definition) is 5. The minimum atomic E-state index is -4.43. The predicted molar refractivity (Wildman–Crippen MR) is 87.2 cm³/mol. The second-order valence-corrected chi connectivity index (χ2v) is 9.64. The number of amides is 1. The van der Waals surface area contributed by atoms with Crippen molar-refractivity contribution in [1.29, 1.82) is 0 Å². The number of aromatic carboxylic acids is 1. The largest absolute Gasteiger partial charge is 0.477 e. The van der Waals surface area contributed by atoms with E-state index in [0.717, 1.165) is 15.5 Å². The van der Waals surface area contributed by atoms with Gasteiger partial charge >= 0.3 is 5.97 Å². The molecule has 0 bridgehead atoms. The van der Waals surface area contributed by atoms with Crippen molar-refractivity contribution >= 4 is 21.7 Å². The zero-order valence-corrected chi connectivity index (χ0v) is 14.8. The Morgan fingerprint density at radius 2 is 1.88 bits per heavy atom. The normalized spacial score (nSPS) is 27.2. The summed E-state index contributed by atoms with van der Waals surface area (Å²) in [6, 6.07) is 2.22. The monoisotopic (exact) mass is 384 g/mol. The van der Waals surface area contributed by atoms with Gasteiger partial charge in [-0.25, -0.2) is 17.6 Å². The number of alkyl halides is 1. The first-order valence-electron chi connectivity index (χ1n) is 8.25. The van der Waals surface area contributed by atoms with Crippen molar-refractivity contribution in [2.24, 2.45) is 5.92 Å². The van der Waals surface area contributed by atoms with Crippen LogP contribution in [0.4, 0.5) is 4.39 Å². The van der Waals surface area contributed by atoms with E-state index >= 15 is 0 Å². The van der Waals surface area contributed by atoms with E-state index in [1.807, 2.05) is 0 Å². The number of pyridine rings is 1. The Bertz CT molecular complexity index is 1010. The summed E-state index contributed by atoms with van der Waals surface area (Å²) in [7, 11) is -3.12. The molecule has 1 aromatic rings. The van der Waals surface area contributed by atoms with Crippen LogP contribution in [0, 0.1) is 5.92 Å². The molecular formula is C16H17FN2O6S. The summed E-state index contributed by atoms with van der Waals surface area (Å²) in [6.45, 7) is -0.455. The van der Waals surface area contributed by atoms with Crippen molar-refractivity contribution in [2.45, 2.75) is 42.1 Å². The Labute approximate surface area is 148 Å². The fourth-order valence-electron chi connectivity index (χ4n) is 3.87. The van der Waals surface area contributed by atoms with Crippen molar-refractivity contribution < 1.29 is 27.5 Å². The highest BCUT2D eigenvalue weighted by atomic mass is 32.2. The second kappa shape index (κ2) is 4.93. The Morgan fingerprint density at radius 3 is 2.38 bits per heavy atom. The predicted octanol–water partition coefficient (Wildman–Crippen LogP) is 0.613. The van der Waals surface area contributed by atoms with E-state index in [-0.39, 0.29) is 18.5 Å². The number of fused-ring (bicyclic) bond motifs is 1. The number of carboxylic acids is 1. The van der Waals surface area contributed by atoms with Crippen LogP contribution in [0.3, 0.4) is 0 Å². The van der Waals surface area contributed by atoms with Gasteiger partial charge in [-0.15, -0.1) is 0 Å². The first-order chi connectivity index (χ1) is 12.1. The molecule has 2 fully saturated rings. The van der Waals surface area contributed by atoms with Gasteiger partial charge in [0.25, 0.3) is 11.5 Å². The highest BCUT2D eigenvalue weighted by Crippen LogP contribution is 2.57. The van der Waals surface area contributed by atoms with E-state index < -0.39 is 55.2 Å². The van der Waals surface area contributed by atoms with Gasteiger partial charge in [0.05, 0.1) is 6.54 Å². The smallest absolute Gasteiger partial charge is 0.341 e. The van der Waals surface area contributed by atoms with Gasteiger partial charge in [0.2, 0.25) is 14.8 Å². The van der Waals surface area contributed by atoms with Gasteiger partial charge in [0, 0.05) is 19.9 Å². The lowest BCUT2D eigenvalue weighted by molar-refractivity contribution is 0.0532. The third-order valence-corrected chi connectivity index (χ3v) is 8.72. The van der Waals surface area contributed by atoms with Crippen LogP contribution >= 0.6 is 0 Å². The Balaban J connectivity index is 1.97. The standard InChI is InChI=1S/C16H17FN2O6S/c1-18-13(21)11-5-4-10(14(22)23)12(20)19(11)8-16(18,9-2-3-9)26(24,25)15(17)6-7-15/h4-5,9H,2-3,6-8H2,1H3,(H,22,23). The molecule has 1 atom stereocenters. The second-order valence-electron chi connectivity index (χ2n) is 7.20. The molecule has 140 valence electrons. The number of nitrogens with zero attached hydrogens (tertiary/aromatic N) is 2. The van der Waals surface area contributed by atoms with Crippen LogP contribution in [0.5, 0.6) is 0 Å². The summed E-state index contributed by atoms with van der Waals surface area (Å²) in [4.78, 5) is 35.8. The van der Waals surface area contributed by atoms with Crippen LogP contribution in [0.25, 0.3) is 0 Å². The molecule has 4 rings (SSSR count). The molecule has 2 saturated carbocycles. The van der Waals surface area contributed by atoms with Crippen LogP contribution in [-0.2, 0) is 16.4 Å². The molecule has 0 spiro atoms. The molecule has 1 aromatic heterocycles. The third-order valence-electron chi connectivity index (χ3n) is 5.69. The van der Waals surface area contributed by atoms with Crippen molar-refractivity contribution in [3.63, 3.8) is 0 Å². The van der Waals surface area contributed by atoms with E-state index in [9.17, 15) is 27.2 Å². The highest BCUT2D eigenvalue weighted by Gasteiger charge is 2.71. The summed E-state index contributed by atoms with van der Waals surface area (Å²) >= 11 is 0. The summed E-state index contributed by atoms with van der Waals surface area (Å²) in [6.07, 6.45) is 0.719. The van der Waals surface area contributed by atoms with Gasteiger partial charge in [-0.05, 0) is 30.9 Å². The first-order valence-corrected chi connectivity index (χ1v) is 9.73. The molecule has 2 aliphatic carbocycles. The maximum absolute atomic E-state index is 14.8. The van der Waals surface area contributed by atoms with Gasteiger partial charge < -0.3 is 10.0 Å². The number of likely N-dealkylation sites (N-methyl/N-ethyl adjacent to an activating group) is 1. The third kappa shape index (κ3) is 1.93. The SMILES string of the molecule is CN1C(=O)c2ccc(C(=O)O)c(=O)n2CC1(C1CC1)S(=O)(=O)C1(F)CC1. The van der Waals surface area contributed by atoms with Crippen LogP contribution in [-0.4, -0.2) is 51.8 Å². The van der Waals surface area contributed by atoms with Gasteiger partial charge in [0.1, 0.15) is 11.3 Å². The van der Waals surface area contributed by atoms with Gasteiger partial charge in [-0.3, -0.25) is 14.2 Å². The molecule has 1 amide bonds. The number of sulfone groups is 1.